The Morgan fingerprint density at radius 2 is 2.27 bits per heavy atom. The Labute approximate surface area is 131 Å². The number of nitrogens with zero attached hydrogens (tertiary/aromatic N) is 3. The second-order valence-electron chi connectivity index (χ2n) is 5.94. The molecule has 0 aliphatic carbocycles. The summed E-state index contributed by atoms with van der Waals surface area (Å²) in [5, 5.41) is 4.13. The minimum absolute atomic E-state index is 0.596. The van der Waals surface area contributed by atoms with Gasteiger partial charge < -0.3 is 9.26 Å². The number of benzene rings is 1. The van der Waals surface area contributed by atoms with Gasteiger partial charge in [0.15, 0.2) is 5.82 Å². The summed E-state index contributed by atoms with van der Waals surface area (Å²) < 4.78 is 10.9. The lowest BCUT2D eigenvalue weighted by Gasteiger charge is -2.21. The predicted molar refractivity (Wildman–Crippen MR) is 84.3 cm³/mol. The van der Waals surface area contributed by atoms with Crippen LogP contribution in [0.4, 0.5) is 0 Å². The highest BCUT2D eigenvalue weighted by atomic mass is 16.5. The zero-order valence-corrected chi connectivity index (χ0v) is 13.3. The van der Waals surface area contributed by atoms with Gasteiger partial charge in [-0.3, -0.25) is 4.90 Å². The van der Waals surface area contributed by atoms with Crippen LogP contribution in [0.15, 0.2) is 28.8 Å². The zero-order valence-electron chi connectivity index (χ0n) is 13.3. The summed E-state index contributed by atoms with van der Waals surface area (Å²) >= 11 is 0. The average Bonchev–Trinajstić information content (AvgIpc) is 3.18. The highest BCUT2D eigenvalue weighted by Crippen LogP contribution is 2.19. The van der Waals surface area contributed by atoms with Gasteiger partial charge in [0.2, 0.25) is 0 Å². The Morgan fingerprint density at radius 3 is 3.00 bits per heavy atom. The maximum atomic E-state index is 5.45. The van der Waals surface area contributed by atoms with E-state index in [-0.39, 0.29) is 0 Å². The summed E-state index contributed by atoms with van der Waals surface area (Å²) in [6, 6.07) is 8.12. The van der Waals surface area contributed by atoms with Gasteiger partial charge in [-0.25, -0.2) is 0 Å². The fourth-order valence-electron chi connectivity index (χ4n) is 2.81. The molecule has 118 valence electrons. The Hall–Kier alpha value is -1.72. The summed E-state index contributed by atoms with van der Waals surface area (Å²) in [5.41, 5.74) is 2.17. The summed E-state index contributed by atoms with van der Waals surface area (Å²) in [4.78, 5) is 6.88. The van der Waals surface area contributed by atoms with Gasteiger partial charge >= 0.3 is 0 Å². The number of hydrogen-bond acceptors (Lipinski definition) is 5. The molecule has 1 atom stereocenters. The SMILES string of the molecule is CCN(Cc1noc(-c2cccc(C)c2)n1)CC1CCOC1. The molecule has 5 heteroatoms. The molecule has 0 bridgehead atoms. The number of ether oxygens (including phenoxy) is 1. The summed E-state index contributed by atoms with van der Waals surface area (Å²) in [6.07, 6.45) is 1.15. The minimum atomic E-state index is 0.596. The molecule has 22 heavy (non-hydrogen) atoms. The maximum Gasteiger partial charge on any atom is 0.257 e. The maximum absolute atomic E-state index is 5.45. The molecule has 1 aromatic heterocycles. The van der Waals surface area contributed by atoms with Crippen LogP contribution in [0.5, 0.6) is 0 Å². The predicted octanol–water partition coefficient (Wildman–Crippen LogP) is 2.90. The van der Waals surface area contributed by atoms with Crippen LogP contribution in [0.1, 0.15) is 24.7 Å². The Balaban J connectivity index is 1.65. The van der Waals surface area contributed by atoms with Gasteiger partial charge in [0.1, 0.15) is 0 Å². The number of aryl methyl sites for hydroxylation is 1. The van der Waals surface area contributed by atoms with Crippen LogP contribution < -0.4 is 0 Å². The van der Waals surface area contributed by atoms with Crippen molar-refractivity contribution in [3.8, 4) is 11.5 Å². The quantitative estimate of drug-likeness (QED) is 0.821. The van der Waals surface area contributed by atoms with Gasteiger partial charge in [0.05, 0.1) is 13.2 Å². The van der Waals surface area contributed by atoms with Crippen molar-refractivity contribution in [2.24, 2.45) is 5.92 Å². The highest BCUT2D eigenvalue weighted by Gasteiger charge is 2.20. The third kappa shape index (κ3) is 3.72. The van der Waals surface area contributed by atoms with Crippen LogP contribution in [0, 0.1) is 12.8 Å². The minimum Gasteiger partial charge on any atom is -0.381 e. The first-order valence-electron chi connectivity index (χ1n) is 7.94. The standard InChI is InChI=1S/C17H23N3O2/c1-3-20(10-14-7-8-21-12-14)11-16-18-17(22-19-16)15-6-4-5-13(2)9-15/h4-6,9,14H,3,7-8,10-12H2,1-2H3. The second-order valence-corrected chi connectivity index (χ2v) is 5.94. The molecular formula is C17H23N3O2. The zero-order chi connectivity index (χ0) is 15.4. The van der Waals surface area contributed by atoms with Gasteiger partial charge in [0.25, 0.3) is 5.89 Å². The van der Waals surface area contributed by atoms with E-state index in [9.17, 15) is 0 Å². The smallest absolute Gasteiger partial charge is 0.257 e. The van der Waals surface area contributed by atoms with Crippen LogP contribution in [0.2, 0.25) is 0 Å². The molecule has 1 aliphatic heterocycles. The van der Waals surface area contributed by atoms with Gasteiger partial charge in [-0.15, -0.1) is 0 Å². The van der Waals surface area contributed by atoms with Crippen molar-refractivity contribution in [2.75, 3.05) is 26.3 Å². The van der Waals surface area contributed by atoms with Gasteiger partial charge in [-0.1, -0.05) is 29.8 Å². The molecule has 1 fully saturated rings. The van der Waals surface area contributed by atoms with Crippen molar-refractivity contribution >= 4 is 0 Å². The van der Waals surface area contributed by atoms with E-state index >= 15 is 0 Å². The van der Waals surface area contributed by atoms with Crippen molar-refractivity contribution in [1.82, 2.24) is 15.0 Å². The average molecular weight is 301 g/mol. The second kappa shape index (κ2) is 7.03. The van der Waals surface area contributed by atoms with Crippen LogP contribution in [-0.4, -0.2) is 41.3 Å². The lowest BCUT2D eigenvalue weighted by molar-refractivity contribution is 0.165. The summed E-state index contributed by atoms with van der Waals surface area (Å²) in [7, 11) is 0. The van der Waals surface area contributed by atoms with E-state index in [2.05, 4.69) is 41.0 Å². The first-order valence-corrected chi connectivity index (χ1v) is 7.94. The van der Waals surface area contributed by atoms with Gasteiger partial charge in [-0.05, 0) is 37.9 Å². The van der Waals surface area contributed by atoms with E-state index in [1.165, 1.54) is 5.56 Å². The van der Waals surface area contributed by atoms with Crippen LogP contribution in [-0.2, 0) is 11.3 Å². The molecule has 2 aromatic rings. The lowest BCUT2D eigenvalue weighted by atomic mass is 10.1. The van der Waals surface area contributed by atoms with E-state index in [0.29, 0.717) is 11.8 Å². The molecule has 2 heterocycles. The van der Waals surface area contributed by atoms with Crippen molar-refractivity contribution in [3.05, 3.63) is 35.7 Å². The normalized spacial score (nSPS) is 18.2. The summed E-state index contributed by atoms with van der Waals surface area (Å²) in [6.45, 7) is 8.72. The van der Waals surface area contributed by atoms with Crippen molar-refractivity contribution in [2.45, 2.75) is 26.8 Å². The van der Waals surface area contributed by atoms with E-state index in [1.54, 1.807) is 0 Å². The van der Waals surface area contributed by atoms with Crippen LogP contribution in [0.3, 0.4) is 0 Å². The van der Waals surface area contributed by atoms with E-state index < -0.39 is 0 Å². The third-order valence-corrected chi connectivity index (χ3v) is 4.09. The molecular weight excluding hydrogens is 278 g/mol. The lowest BCUT2D eigenvalue weighted by Crippen LogP contribution is -2.29. The Morgan fingerprint density at radius 1 is 1.36 bits per heavy atom. The first-order chi connectivity index (χ1) is 10.7. The number of hydrogen-bond donors (Lipinski definition) is 0. The fraction of sp³-hybridized carbons (Fsp3) is 0.529. The first kappa shape index (κ1) is 15.2. The molecule has 1 saturated heterocycles. The monoisotopic (exact) mass is 301 g/mol. The molecule has 0 amide bonds. The fourth-order valence-corrected chi connectivity index (χ4v) is 2.81. The Bertz CT molecular complexity index is 605. The van der Waals surface area contributed by atoms with Crippen molar-refractivity contribution in [3.63, 3.8) is 0 Å². The molecule has 3 rings (SSSR count). The van der Waals surface area contributed by atoms with E-state index in [0.717, 1.165) is 50.7 Å². The Kier molecular flexibility index (Phi) is 4.85. The van der Waals surface area contributed by atoms with E-state index in [4.69, 9.17) is 9.26 Å². The molecule has 0 radical (unpaired) electrons. The molecule has 5 nitrogen and oxygen atoms in total. The summed E-state index contributed by atoms with van der Waals surface area (Å²) in [5.74, 6) is 1.97. The molecule has 1 aliphatic rings. The molecule has 0 saturated carbocycles. The van der Waals surface area contributed by atoms with Crippen LogP contribution in [0.25, 0.3) is 11.5 Å². The largest absolute Gasteiger partial charge is 0.381 e. The van der Waals surface area contributed by atoms with Crippen molar-refractivity contribution in [1.29, 1.82) is 0 Å². The topological polar surface area (TPSA) is 51.4 Å². The number of aromatic nitrogens is 2. The van der Waals surface area contributed by atoms with Crippen LogP contribution >= 0.6 is 0 Å². The number of rotatable bonds is 6. The van der Waals surface area contributed by atoms with Gasteiger partial charge in [-0.2, -0.15) is 4.98 Å². The molecule has 0 spiro atoms. The van der Waals surface area contributed by atoms with Gasteiger partial charge in [0, 0.05) is 18.7 Å². The molecule has 0 N–H and O–H groups in total. The van der Waals surface area contributed by atoms with E-state index in [1.807, 2.05) is 12.1 Å². The van der Waals surface area contributed by atoms with Crippen molar-refractivity contribution < 1.29 is 9.26 Å². The molecule has 1 unspecified atom stereocenters. The highest BCUT2D eigenvalue weighted by molar-refractivity contribution is 5.53. The molecule has 1 aromatic carbocycles. The third-order valence-electron chi connectivity index (χ3n) is 4.09.